The number of nitrogens with zero attached hydrogens (tertiary/aromatic N) is 1. The second kappa shape index (κ2) is 10.8. The first kappa shape index (κ1) is 19.0. The number of hydrogen-bond donors (Lipinski definition) is 3. The molecular formula is C13H24N4O4. The van der Waals surface area contributed by atoms with Crippen LogP contribution in [0.5, 0.6) is 0 Å². The SMILES string of the molecule is COCCNC(=O)C/C(C)=N\NC(=O)C(=O)NCC(C)C. The zero-order chi connectivity index (χ0) is 16.3. The van der Waals surface area contributed by atoms with E-state index in [1.54, 1.807) is 14.0 Å². The van der Waals surface area contributed by atoms with Crippen LogP contribution in [0.2, 0.25) is 0 Å². The minimum atomic E-state index is -0.852. The summed E-state index contributed by atoms with van der Waals surface area (Å²) in [5.74, 6) is -1.57. The number of amides is 3. The van der Waals surface area contributed by atoms with Crippen molar-refractivity contribution in [2.24, 2.45) is 11.0 Å². The Hall–Kier alpha value is -1.96. The Balaban J connectivity index is 4.06. The Bertz CT molecular complexity index is 394. The van der Waals surface area contributed by atoms with Crippen LogP contribution in [0.4, 0.5) is 0 Å². The number of carbonyl (C=O) groups excluding carboxylic acids is 3. The lowest BCUT2D eigenvalue weighted by molar-refractivity contribution is -0.139. The van der Waals surface area contributed by atoms with Crippen molar-refractivity contribution in [2.45, 2.75) is 27.2 Å². The van der Waals surface area contributed by atoms with Crippen molar-refractivity contribution in [2.75, 3.05) is 26.8 Å². The van der Waals surface area contributed by atoms with Crippen LogP contribution in [-0.4, -0.2) is 50.2 Å². The quantitative estimate of drug-likeness (QED) is 0.241. The molecule has 8 nitrogen and oxygen atoms in total. The zero-order valence-corrected chi connectivity index (χ0v) is 13.0. The molecular weight excluding hydrogens is 276 g/mol. The Morgan fingerprint density at radius 2 is 1.81 bits per heavy atom. The highest BCUT2D eigenvalue weighted by Crippen LogP contribution is 1.88. The van der Waals surface area contributed by atoms with Crippen molar-refractivity contribution < 1.29 is 19.1 Å². The average Bonchev–Trinajstić information content (AvgIpc) is 2.42. The van der Waals surface area contributed by atoms with E-state index < -0.39 is 11.8 Å². The molecule has 3 N–H and O–H groups in total. The molecule has 0 aromatic rings. The van der Waals surface area contributed by atoms with Crippen molar-refractivity contribution in [3.05, 3.63) is 0 Å². The molecule has 0 unspecified atom stereocenters. The van der Waals surface area contributed by atoms with Crippen LogP contribution in [0.3, 0.4) is 0 Å². The molecule has 8 heteroatoms. The van der Waals surface area contributed by atoms with Gasteiger partial charge in [-0.15, -0.1) is 0 Å². The Labute approximate surface area is 124 Å². The van der Waals surface area contributed by atoms with Gasteiger partial charge in [-0.3, -0.25) is 14.4 Å². The average molecular weight is 300 g/mol. The maximum absolute atomic E-state index is 11.4. The topological polar surface area (TPSA) is 109 Å². The number of nitrogens with one attached hydrogen (secondary N) is 3. The van der Waals surface area contributed by atoms with E-state index >= 15 is 0 Å². The van der Waals surface area contributed by atoms with Crippen LogP contribution in [0.1, 0.15) is 27.2 Å². The molecule has 0 saturated heterocycles. The molecule has 0 spiro atoms. The molecule has 0 aliphatic heterocycles. The van der Waals surface area contributed by atoms with E-state index in [0.717, 1.165) is 0 Å². The first-order chi connectivity index (χ1) is 9.86. The van der Waals surface area contributed by atoms with Crippen molar-refractivity contribution in [1.82, 2.24) is 16.1 Å². The van der Waals surface area contributed by atoms with Crippen LogP contribution in [0.15, 0.2) is 5.10 Å². The van der Waals surface area contributed by atoms with E-state index in [0.29, 0.717) is 25.4 Å². The van der Waals surface area contributed by atoms with Gasteiger partial charge >= 0.3 is 11.8 Å². The first-order valence-corrected chi connectivity index (χ1v) is 6.73. The molecule has 0 aromatic carbocycles. The normalized spacial score (nSPS) is 11.2. The number of carbonyl (C=O) groups is 3. The second-order valence-corrected chi connectivity index (χ2v) is 4.91. The maximum Gasteiger partial charge on any atom is 0.329 e. The summed E-state index contributed by atoms with van der Waals surface area (Å²) in [5, 5.41) is 8.79. The third-order valence-electron chi connectivity index (χ3n) is 2.27. The highest BCUT2D eigenvalue weighted by atomic mass is 16.5. The third kappa shape index (κ3) is 10.5. The zero-order valence-electron chi connectivity index (χ0n) is 13.0. The van der Waals surface area contributed by atoms with Gasteiger partial charge in [-0.25, -0.2) is 5.43 Å². The van der Waals surface area contributed by atoms with Gasteiger partial charge in [0.2, 0.25) is 5.91 Å². The summed E-state index contributed by atoms with van der Waals surface area (Å²) in [6.07, 6.45) is 0.0393. The van der Waals surface area contributed by atoms with Gasteiger partial charge in [0, 0.05) is 25.9 Å². The third-order valence-corrected chi connectivity index (χ3v) is 2.27. The molecule has 0 rings (SSSR count). The summed E-state index contributed by atoms with van der Waals surface area (Å²) >= 11 is 0. The fraction of sp³-hybridized carbons (Fsp3) is 0.692. The largest absolute Gasteiger partial charge is 0.383 e. The summed E-state index contributed by atoms with van der Waals surface area (Å²) in [6, 6.07) is 0. The van der Waals surface area contributed by atoms with Gasteiger partial charge in [0.05, 0.1) is 13.0 Å². The van der Waals surface area contributed by atoms with E-state index in [2.05, 4.69) is 21.2 Å². The van der Waals surface area contributed by atoms with Gasteiger partial charge in [0.1, 0.15) is 0 Å². The fourth-order valence-corrected chi connectivity index (χ4v) is 1.20. The molecule has 0 aliphatic carbocycles. The van der Waals surface area contributed by atoms with Gasteiger partial charge in [0.25, 0.3) is 0 Å². The first-order valence-electron chi connectivity index (χ1n) is 6.73. The molecule has 0 heterocycles. The van der Waals surface area contributed by atoms with Crippen molar-refractivity contribution >= 4 is 23.4 Å². The molecule has 3 amide bonds. The Kier molecular flexibility index (Phi) is 9.78. The van der Waals surface area contributed by atoms with E-state index in [4.69, 9.17) is 4.74 Å². The molecule has 0 saturated carbocycles. The van der Waals surface area contributed by atoms with Crippen LogP contribution in [0.25, 0.3) is 0 Å². The Morgan fingerprint density at radius 1 is 1.14 bits per heavy atom. The van der Waals surface area contributed by atoms with Gasteiger partial charge in [0.15, 0.2) is 0 Å². The summed E-state index contributed by atoms with van der Waals surface area (Å²) in [7, 11) is 1.54. The van der Waals surface area contributed by atoms with E-state index in [1.807, 2.05) is 13.8 Å². The van der Waals surface area contributed by atoms with Gasteiger partial charge < -0.3 is 15.4 Å². The van der Waals surface area contributed by atoms with Crippen molar-refractivity contribution in [3.8, 4) is 0 Å². The van der Waals surface area contributed by atoms with Crippen LogP contribution in [0, 0.1) is 5.92 Å². The fourth-order valence-electron chi connectivity index (χ4n) is 1.20. The monoisotopic (exact) mass is 300 g/mol. The van der Waals surface area contributed by atoms with Crippen molar-refractivity contribution in [3.63, 3.8) is 0 Å². The number of hydrazone groups is 1. The molecule has 0 bridgehead atoms. The highest BCUT2D eigenvalue weighted by Gasteiger charge is 2.13. The van der Waals surface area contributed by atoms with Crippen LogP contribution >= 0.6 is 0 Å². The highest BCUT2D eigenvalue weighted by molar-refractivity contribution is 6.35. The van der Waals surface area contributed by atoms with E-state index in [9.17, 15) is 14.4 Å². The lowest BCUT2D eigenvalue weighted by atomic mass is 10.2. The molecule has 0 atom stereocenters. The summed E-state index contributed by atoms with van der Waals surface area (Å²) in [5.41, 5.74) is 2.51. The van der Waals surface area contributed by atoms with Crippen LogP contribution < -0.4 is 16.1 Å². The molecule has 0 fully saturated rings. The summed E-state index contributed by atoms with van der Waals surface area (Å²) in [6.45, 7) is 6.67. The smallest absolute Gasteiger partial charge is 0.329 e. The van der Waals surface area contributed by atoms with E-state index in [1.165, 1.54) is 0 Å². The molecule has 0 radical (unpaired) electrons. The second-order valence-electron chi connectivity index (χ2n) is 4.91. The number of ether oxygens (including phenoxy) is 1. The minimum absolute atomic E-state index is 0.0393. The molecule has 21 heavy (non-hydrogen) atoms. The van der Waals surface area contributed by atoms with Gasteiger partial charge in [-0.1, -0.05) is 13.8 Å². The minimum Gasteiger partial charge on any atom is -0.383 e. The van der Waals surface area contributed by atoms with Crippen LogP contribution in [-0.2, 0) is 19.1 Å². The molecule has 120 valence electrons. The van der Waals surface area contributed by atoms with E-state index in [-0.39, 0.29) is 18.2 Å². The maximum atomic E-state index is 11.4. The standard InChI is InChI=1S/C13H24N4O4/c1-9(2)8-15-12(19)13(20)17-16-10(3)7-11(18)14-5-6-21-4/h9H,5-8H2,1-4H3,(H,14,18)(H,15,19)(H,17,20)/b16-10-. The number of hydrogen-bond acceptors (Lipinski definition) is 5. The summed E-state index contributed by atoms with van der Waals surface area (Å²) < 4.78 is 4.80. The van der Waals surface area contributed by atoms with Gasteiger partial charge in [-0.2, -0.15) is 5.10 Å². The Morgan fingerprint density at radius 3 is 2.38 bits per heavy atom. The predicted octanol–water partition coefficient (Wildman–Crippen LogP) is -0.597. The summed E-state index contributed by atoms with van der Waals surface area (Å²) in [4.78, 5) is 34.2. The number of methoxy groups -OCH3 is 1. The van der Waals surface area contributed by atoms with Gasteiger partial charge in [-0.05, 0) is 12.8 Å². The van der Waals surface area contributed by atoms with Crippen molar-refractivity contribution in [1.29, 1.82) is 0 Å². The predicted molar refractivity (Wildman–Crippen MR) is 78.6 cm³/mol. The lowest BCUT2D eigenvalue weighted by Gasteiger charge is -2.07. The molecule has 0 aliphatic rings. The molecule has 0 aromatic heterocycles. The number of rotatable bonds is 8. The lowest BCUT2D eigenvalue weighted by Crippen LogP contribution is -2.39.